The molecule has 0 saturated carbocycles. The number of hydrogen-bond acceptors (Lipinski definition) is 3. The van der Waals surface area contributed by atoms with E-state index < -0.39 is 0 Å². The van der Waals surface area contributed by atoms with Crippen LogP contribution in [0.25, 0.3) is 0 Å². The number of hydrogen-bond donors (Lipinski definition) is 1. The van der Waals surface area contributed by atoms with Gasteiger partial charge in [0.1, 0.15) is 10.4 Å². The van der Waals surface area contributed by atoms with E-state index in [4.69, 9.17) is 11.6 Å². The van der Waals surface area contributed by atoms with Crippen LogP contribution in [0.5, 0.6) is 0 Å². The molecule has 1 N–H and O–H groups in total. The van der Waals surface area contributed by atoms with Crippen LogP contribution in [-0.4, -0.2) is 15.9 Å². The molecule has 0 radical (unpaired) electrons. The summed E-state index contributed by atoms with van der Waals surface area (Å²) in [6.07, 6.45) is 3.12. The van der Waals surface area contributed by atoms with Crippen LogP contribution < -0.4 is 5.32 Å². The van der Waals surface area contributed by atoms with Crippen molar-refractivity contribution in [2.45, 2.75) is 0 Å². The van der Waals surface area contributed by atoms with Crippen molar-refractivity contribution in [3.8, 4) is 0 Å². The van der Waals surface area contributed by atoms with E-state index in [1.807, 2.05) is 0 Å². The quantitative estimate of drug-likeness (QED) is 0.867. The molecule has 86 valence electrons. The lowest BCUT2D eigenvalue weighted by Gasteiger charge is -2.05. The summed E-state index contributed by atoms with van der Waals surface area (Å²) in [6, 6.07) is 6.56. The normalized spacial score (nSPS) is 10.0. The number of nitrogens with zero attached hydrogens (tertiary/aromatic N) is 2. The largest absolute Gasteiger partial charge is 0.306 e. The van der Waals surface area contributed by atoms with Crippen LogP contribution in [0.3, 0.4) is 0 Å². The van der Waals surface area contributed by atoms with Crippen molar-refractivity contribution >= 4 is 39.3 Å². The van der Waals surface area contributed by atoms with Gasteiger partial charge in [0.25, 0.3) is 5.91 Å². The number of anilines is 1. The highest BCUT2D eigenvalue weighted by atomic mass is 79.9. The van der Waals surface area contributed by atoms with Gasteiger partial charge in [0.15, 0.2) is 0 Å². The SMILES string of the molecule is O=C(Nc1cc(Cl)ccn1)c1cccnc1Br. The Hall–Kier alpha value is -1.46. The van der Waals surface area contributed by atoms with Crippen LogP contribution in [0.4, 0.5) is 5.82 Å². The molecule has 0 aliphatic heterocycles. The van der Waals surface area contributed by atoms with Crippen LogP contribution in [-0.2, 0) is 0 Å². The monoisotopic (exact) mass is 311 g/mol. The topological polar surface area (TPSA) is 54.9 Å². The third-order valence-corrected chi connectivity index (χ3v) is 2.83. The molecule has 0 fully saturated rings. The lowest BCUT2D eigenvalue weighted by atomic mass is 10.2. The predicted octanol–water partition coefficient (Wildman–Crippen LogP) is 3.14. The molecule has 0 spiro atoms. The number of pyridine rings is 2. The van der Waals surface area contributed by atoms with E-state index in [2.05, 4.69) is 31.2 Å². The molecule has 6 heteroatoms. The molecule has 0 aromatic carbocycles. The van der Waals surface area contributed by atoms with Crippen molar-refractivity contribution in [1.29, 1.82) is 0 Å². The summed E-state index contributed by atoms with van der Waals surface area (Å²) < 4.78 is 0.486. The van der Waals surface area contributed by atoms with E-state index >= 15 is 0 Å². The van der Waals surface area contributed by atoms with Crippen molar-refractivity contribution in [3.63, 3.8) is 0 Å². The van der Waals surface area contributed by atoms with Gasteiger partial charge in [0.2, 0.25) is 0 Å². The van der Waals surface area contributed by atoms with Crippen molar-refractivity contribution < 1.29 is 4.79 Å². The average Bonchev–Trinajstić information content (AvgIpc) is 2.29. The summed E-state index contributed by atoms with van der Waals surface area (Å²) in [5.74, 6) is 0.109. The Labute approximate surface area is 111 Å². The first kappa shape index (κ1) is 12.0. The predicted molar refractivity (Wildman–Crippen MR) is 69.1 cm³/mol. The van der Waals surface area contributed by atoms with Gasteiger partial charge in [-0.3, -0.25) is 4.79 Å². The molecule has 0 bridgehead atoms. The summed E-state index contributed by atoms with van der Waals surface area (Å²) in [7, 11) is 0. The minimum atomic E-state index is -0.292. The maximum Gasteiger partial charge on any atom is 0.259 e. The maximum atomic E-state index is 11.9. The second kappa shape index (κ2) is 5.25. The maximum absolute atomic E-state index is 11.9. The van der Waals surface area contributed by atoms with Crippen molar-refractivity contribution in [3.05, 3.63) is 51.8 Å². The van der Waals surface area contributed by atoms with Gasteiger partial charge in [-0.1, -0.05) is 11.6 Å². The number of aromatic nitrogens is 2. The van der Waals surface area contributed by atoms with E-state index in [1.165, 1.54) is 6.20 Å². The third kappa shape index (κ3) is 3.01. The molecule has 1 amide bonds. The molecular formula is C11H7BrClN3O. The average molecular weight is 313 g/mol. The van der Waals surface area contributed by atoms with Gasteiger partial charge in [0, 0.05) is 17.4 Å². The standard InChI is InChI=1S/C11H7BrClN3O/c12-10-8(2-1-4-15-10)11(17)16-9-6-7(13)3-5-14-9/h1-6H,(H,14,16,17). The molecule has 0 saturated heterocycles. The molecule has 17 heavy (non-hydrogen) atoms. The lowest BCUT2D eigenvalue weighted by molar-refractivity contribution is 0.102. The van der Waals surface area contributed by atoms with E-state index in [-0.39, 0.29) is 5.91 Å². The first-order chi connectivity index (χ1) is 8.16. The minimum absolute atomic E-state index is 0.292. The summed E-state index contributed by atoms with van der Waals surface area (Å²) in [6.45, 7) is 0. The first-order valence-electron chi connectivity index (χ1n) is 4.70. The zero-order valence-corrected chi connectivity index (χ0v) is 10.9. The fourth-order valence-corrected chi connectivity index (χ4v) is 1.80. The smallest absolute Gasteiger partial charge is 0.259 e. The van der Waals surface area contributed by atoms with Gasteiger partial charge < -0.3 is 5.32 Å². The minimum Gasteiger partial charge on any atom is -0.306 e. The molecule has 2 heterocycles. The number of nitrogens with one attached hydrogen (secondary N) is 1. The molecular weight excluding hydrogens is 305 g/mol. The number of amides is 1. The fraction of sp³-hybridized carbons (Fsp3) is 0. The highest BCUT2D eigenvalue weighted by Gasteiger charge is 2.10. The van der Waals surface area contributed by atoms with Gasteiger partial charge in [-0.15, -0.1) is 0 Å². The summed E-state index contributed by atoms with van der Waals surface area (Å²) in [4.78, 5) is 19.8. The number of carbonyl (C=O) groups excluding carboxylic acids is 1. The Morgan fingerprint density at radius 2 is 2.12 bits per heavy atom. The zero-order chi connectivity index (χ0) is 12.3. The molecule has 4 nitrogen and oxygen atoms in total. The highest BCUT2D eigenvalue weighted by molar-refractivity contribution is 9.10. The number of halogens is 2. The van der Waals surface area contributed by atoms with Gasteiger partial charge in [-0.2, -0.15) is 0 Å². The number of rotatable bonds is 2. The van der Waals surface area contributed by atoms with Gasteiger partial charge in [-0.05, 0) is 40.2 Å². The lowest BCUT2D eigenvalue weighted by Crippen LogP contribution is -2.13. The zero-order valence-electron chi connectivity index (χ0n) is 8.52. The molecule has 0 unspecified atom stereocenters. The third-order valence-electron chi connectivity index (χ3n) is 1.97. The second-order valence-corrected chi connectivity index (χ2v) is 4.34. The van der Waals surface area contributed by atoms with Crippen LogP contribution >= 0.6 is 27.5 Å². The van der Waals surface area contributed by atoms with Crippen LogP contribution in [0.1, 0.15) is 10.4 Å². The van der Waals surface area contributed by atoms with Crippen LogP contribution in [0, 0.1) is 0 Å². The van der Waals surface area contributed by atoms with Crippen LogP contribution in [0.15, 0.2) is 41.3 Å². The molecule has 0 aliphatic carbocycles. The molecule has 0 aliphatic rings. The Bertz CT molecular complexity index is 562. The Morgan fingerprint density at radius 3 is 2.82 bits per heavy atom. The van der Waals surface area contributed by atoms with Crippen molar-refractivity contribution in [2.75, 3.05) is 5.32 Å². The fourth-order valence-electron chi connectivity index (χ4n) is 1.21. The summed E-state index contributed by atoms with van der Waals surface area (Å²) >= 11 is 9.00. The Kier molecular flexibility index (Phi) is 3.71. The molecule has 2 aromatic rings. The van der Waals surface area contributed by atoms with E-state index in [1.54, 1.807) is 30.5 Å². The Balaban J connectivity index is 2.20. The van der Waals surface area contributed by atoms with Gasteiger partial charge in [-0.25, -0.2) is 9.97 Å². The van der Waals surface area contributed by atoms with Crippen molar-refractivity contribution in [1.82, 2.24) is 9.97 Å². The second-order valence-electron chi connectivity index (χ2n) is 3.16. The van der Waals surface area contributed by atoms with Crippen LogP contribution in [0.2, 0.25) is 5.02 Å². The van der Waals surface area contributed by atoms with Gasteiger partial charge >= 0.3 is 0 Å². The highest BCUT2D eigenvalue weighted by Crippen LogP contribution is 2.16. The summed E-state index contributed by atoms with van der Waals surface area (Å²) in [5.41, 5.74) is 0.439. The summed E-state index contributed by atoms with van der Waals surface area (Å²) in [5, 5.41) is 3.15. The molecule has 2 aromatic heterocycles. The molecule has 0 atom stereocenters. The Morgan fingerprint density at radius 1 is 1.29 bits per heavy atom. The van der Waals surface area contributed by atoms with E-state index in [0.717, 1.165) is 0 Å². The van der Waals surface area contributed by atoms with E-state index in [0.29, 0.717) is 21.0 Å². The number of carbonyl (C=O) groups is 1. The molecule has 2 rings (SSSR count). The van der Waals surface area contributed by atoms with Crippen molar-refractivity contribution in [2.24, 2.45) is 0 Å². The van der Waals surface area contributed by atoms with Gasteiger partial charge in [0.05, 0.1) is 5.56 Å². The first-order valence-corrected chi connectivity index (χ1v) is 5.87. The van der Waals surface area contributed by atoms with E-state index in [9.17, 15) is 4.79 Å².